The van der Waals surface area contributed by atoms with Crippen molar-refractivity contribution in [1.29, 1.82) is 0 Å². The van der Waals surface area contributed by atoms with Crippen molar-refractivity contribution in [2.75, 3.05) is 6.61 Å². The molecule has 1 aliphatic rings. The molecule has 0 radical (unpaired) electrons. The highest BCUT2D eigenvalue weighted by Crippen LogP contribution is 2.39. The number of rotatable bonds is 2. The summed E-state index contributed by atoms with van der Waals surface area (Å²) in [4.78, 5) is 0. The van der Waals surface area contributed by atoms with E-state index in [4.69, 9.17) is 16.7 Å². The molecule has 0 spiro atoms. The molecule has 0 aliphatic heterocycles. The first-order valence-corrected chi connectivity index (χ1v) is 4.75. The number of benzene rings is 1. The average molecular weight is 195 g/mol. The van der Waals surface area contributed by atoms with Gasteiger partial charge in [0.05, 0.1) is 0 Å². The van der Waals surface area contributed by atoms with Gasteiger partial charge >= 0.3 is 0 Å². The molecule has 2 heteroatoms. The minimum atomic E-state index is 0.260. The number of hydrogen-bond donors (Lipinski definition) is 1. The molecule has 1 atom stereocenters. The molecule has 1 nitrogen and oxygen atoms in total. The summed E-state index contributed by atoms with van der Waals surface area (Å²) in [6.45, 7) is 0.260. The van der Waals surface area contributed by atoms with Crippen molar-refractivity contribution >= 4 is 17.7 Å². The Kier molecular flexibility index (Phi) is 2.38. The summed E-state index contributed by atoms with van der Waals surface area (Å²) >= 11 is 5.98. The molecular weight excluding hydrogens is 184 g/mol. The molecule has 0 amide bonds. The van der Waals surface area contributed by atoms with Crippen LogP contribution in [0.2, 0.25) is 5.02 Å². The normalized spacial score (nSPS) is 23.5. The van der Waals surface area contributed by atoms with Crippen molar-refractivity contribution in [3.8, 4) is 0 Å². The highest BCUT2D eigenvalue weighted by atomic mass is 35.5. The zero-order chi connectivity index (χ0) is 9.26. The lowest BCUT2D eigenvalue weighted by Gasteiger charge is -1.95. The van der Waals surface area contributed by atoms with Gasteiger partial charge in [-0.05, 0) is 18.1 Å². The molecule has 1 aromatic rings. The van der Waals surface area contributed by atoms with Gasteiger partial charge < -0.3 is 5.11 Å². The van der Waals surface area contributed by atoms with E-state index >= 15 is 0 Å². The van der Waals surface area contributed by atoms with Crippen molar-refractivity contribution in [3.05, 3.63) is 40.4 Å². The third-order valence-electron chi connectivity index (χ3n) is 2.31. The number of hydrogen-bond acceptors (Lipinski definition) is 1. The molecule has 1 aromatic carbocycles. The quantitative estimate of drug-likeness (QED) is 0.768. The molecular formula is C11H11ClO. The SMILES string of the molecule is OCC1C/C1=C/c1ccccc1Cl. The van der Waals surface area contributed by atoms with E-state index in [1.165, 1.54) is 5.57 Å². The van der Waals surface area contributed by atoms with Gasteiger partial charge in [0.1, 0.15) is 0 Å². The monoisotopic (exact) mass is 194 g/mol. The minimum Gasteiger partial charge on any atom is -0.396 e. The van der Waals surface area contributed by atoms with Crippen LogP contribution < -0.4 is 0 Å². The second-order valence-electron chi connectivity index (χ2n) is 3.32. The lowest BCUT2D eigenvalue weighted by Crippen LogP contribution is -1.81. The van der Waals surface area contributed by atoms with Gasteiger partial charge in [-0.1, -0.05) is 41.4 Å². The Hall–Kier alpha value is -0.790. The first-order valence-electron chi connectivity index (χ1n) is 4.37. The topological polar surface area (TPSA) is 20.2 Å². The average Bonchev–Trinajstić information content (AvgIpc) is 2.88. The molecule has 0 aromatic heterocycles. The van der Waals surface area contributed by atoms with Gasteiger partial charge in [-0.2, -0.15) is 0 Å². The zero-order valence-electron chi connectivity index (χ0n) is 7.20. The maximum absolute atomic E-state index is 8.85. The molecule has 13 heavy (non-hydrogen) atoms. The van der Waals surface area contributed by atoms with Gasteiger partial charge in [0, 0.05) is 17.5 Å². The first kappa shape index (κ1) is 8.79. The van der Waals surface area contributed by atoms with Crippen LogP contribution in [0.4, 0.5) is 0 Å². The Balaban J connectivity index is 2.20. The first-order chi connectivity index (χ1) is 6.31. The van der Waals surface area contributed by atoms with Gasteiger partial charge in [-0.25, -0.2) is 0 Å². The summed E-state index contributed by atoms with van der Waals surface area (Å²) in [6, 6.07) is 7.75. The molecule has 0 bridgehead atoms. The van der Waals surface area contributed by atoms with Crippen LogP contribution in [0.5, 0.6) is 0 Å². The maximum Gasteiger partial charge on any atom is 0.0499 e. The van der Waals surface area contributed by atoms with Crippen molar-refractivity contribution in [1.82, 2.24) is 0 Å². The zero-order valence-corrected chi connectivity index (χ0v) is 7.96. The number of aliphatic hydroxyl groups is 1. The van der Waals surface area contributed by atoms with Gasteiger partial charge in [0.2, 0.25) is 0 Å². The minimum absolute atomic E-state index is 0.260. The van der Waals surface area contributed by atoms with E-state index in [0.29, 0.717) is 5.92 Å². The predicted octanol–water partition coefficient (Wildman–Crippen LogP) is 2.74. The Morgan fingerprint density at radius 1 is 1.46 bits per heavy atom. The van der Waals surface area contributed by atoms with Crippen LogP contribution in [0.3, 0.4) is 0 Å². The molecule has 2 rings (SSSR count). The van der Waals surface area contributed by atoms with Crippen molar-refractivity contribution in [2.24, 2.45) is 5.92 Å². The smallest absolute Gasteiger partial charge is 0.0499 e. The van der Waals surface area contributed by atoms with Crippen LogP contribution in [0, 0.1) is 5.92 Å². The number of aliphatic hydroxyl groups excluding tert-OH is 1. The third-order valence-corrected chi connectivity index (χ3v) is 2.66. The van der Waals surface area contributed by atoms with Crippen LogP contribution in [-0.4, -0.2) is 11.7 Å². The van der Waals surface area contributed by atoms with Crippen LogP contribution in [0.1, 0.15) is 12.0 Å². The fraction of sp³-hybridized carbons (Fsp3) is 0.273. The lowest BCUT2D eigenvalue weighted by atomic mass is 10.2. The van der Waals surface area contributed by atoms with Crippen LogP contribution in [0.25, 0.3) is 6.08 Å². The van der Waals surface area contributed by atoms with E-state index in [-0.39, 0.29) is 6.61 Å². The lowest BCUT2D eigenvalue weighted by molar-refractivity contribution is 0.281. The predicted molar refractivity (Wildman–Crippen MR) is 54.6 cm³/mol. The highest BCUT2D eigenvalue weighted by Gasteiger charge is 2.28. The Labute approximate surface area is 82.7 Å². The molecule has 68 valence electrons. The maximum atomic E-state index is 8.85. The van der Waals surface area contributed by atoms with E-state index in [2.05, 4.69) is 6.08 Å². The van der Waals surface area contributed by atoms with Gasteiger partial charge in [-0.15, -0.1) is 0 Å². The van der Waals surface area contributed by atoms with E-state index in [1.54, 1.807) is 0 Å². The van der Waals surface area contributed by atoms with Crippen LogP contribution >= 0.6 is 11.6 Å². The third kappa shape index (κ3) is 1.93. The second-order valence-corrected chi connectivity index (χ2v) is 3.73. The standard InChI is InChI=1S/C11H11ClO/c12-11-4-2-1-3-8(11)5-9-6-10(9)7-13/h1-5,10,13H,6-7H2/b9-5-. The molecule has 0 heterocycles. The summed E-state index contributed by atoms with van der Waals surface area (Å²) in [7, 11) is 0. The van der Waals surface area contributed by atoms with Crippen LogP contribution in [0.15, 0.2) is 29.8 Å². The van der Waals surface area contributed by atoms with Crippen molar-refractivity contribution in [3.63, 3.8) is 0 Å². The summed E-state index contributed by atoms with van der Waals surface area (Å²) in [5, 5.41) is 9.63. The van der Waals surface area contributed by atoms with Crippen molar-refractivity contribution < 1.29 is 5.11 Å². The summed E-state index contributed by atoms with van der Waals surface area (Å²) in [6.07, 6.45) is 3.09. The fourth-order valence-electron chi connectivity index (χ4n) is 1.38. The van der Waals surface area contributed by atoms with E-state index < -0.39 is 0 Å². The van der Waals surface area contributed by atoms with E-state index in [9.17, 15) is 0 Å². The van der Waals surface area contributed by atoms with Gasteiger partial charge in [0.25, 0.3) is 0 Å². The summed E-state index contributed by atoms with van der Waals surface area (Å²) in [5.41, 5.74) is 2.35. The highest BCUT2D eigenvalue weighted by molar-refractivity contribution is 6.32. The van der Waals surface area contributed by atoms with Crippen molar-refractivity contribution in [2.45, 2.75) is 6.42 Å². The van der Waals surface area contributed by atoms with Gasteiger partial charge in [0.15, 0.2) is 0 Å². The Bertz CT molecular complexity index is 344. The molecule has 1 fully saturated rings. The Morgan fingerprint density at radius 2 is 2.23 bits per heavy atom. The Morgan fingerprint density at radius 3 is 2.85 bits per heavy atom. The second kappa shape index (κ2) is 3.52. The number of halogens is 1. The fourth-order valence-corrected chi connectivity index (χ4v) is 1.57. The summed E-state index contributed by atoms with van der Waals surface area (Å²) < 4.78 is 0. The molecule has 0 saturated heterocycles. The van der Waals surface area contributed by atoms with Crippen LogP contribution in [-0.2, 0) is 0 Å². The molecule has 1 unspecified atom stereocenters. The van der Waals surface area contributed by atoms with Gasteiger partial charge in [-0.3, -0.25) is 0 Å². The van der Waals surface area contributed by atoms with E-state index in [1.807, 2.05) is 24.3 Å². The summed E-state index contributed by atoms with van der Waals surface area (Å²) in [5.74, 6) is 0.385. The molecule has 1 N–H and O–H groups in total. The molecule has 1 aliphatic carbocycles. The largest absolute Gasteiger partial charge is 0.396 e. The molecule has 1 saturated carbocycles. The van der Waals surface area contributed by atoms with E-state index in [0.717, 1.165) is 17.0 Å².